The Balaban J connectivity index is 1.96. The van der Waals surface area contributed by atoms with Crippen molar-refractivity contribution in [1.29, 1.82) is 0 Å². The minimum atomic E-state index is 0.129. The summed E-state index contributed by atoms with van der Waals surface area (Å²) in [6.07, 6.45) is 0. The van der Waals surface area contributed by atoms with Crippen LogP contribution < -0.4 is 14.8 Å². The van der Waals surface area contributed by atoms with E-state index in [4.69, 9.17) is 9.47 Å². The van der Waals surface area contributed by atoms with Crippen LogP contribution in [-0.4, -0.2) is 49.8 Å². The Labute approximate surface area is 155 Å². The van der Waals surface area contributed by atoms with Crippen molar-refractivity contribution in [3.8, 4) is 17.2 Å². The zero-order valence-corrected chi connectivity index (χ0v) is 15.6. The Hall–Kier alpha value is -2.89. The molecule has 0 aliphatic heterocycles. The highest BCUT2D eigenvalue weighted by Gasteiger charge is 2.09. The summed E-state index contributed by atoms with van der Waals surface area (Å²) in [5.74, 6) is 2.19. The maximum Gasteiger partial charge on any atom is 0.194 e. The van der Waals surface area contributed by atoms with Gasteiger partial charge in [0.1, 0.15) is 12.4 Å². The quantitative estimate of drug-likeness (QED) is 0.562. The molecule has 2 rings (SSSR count). The molecular weight excluding hydrogens is 330 g/mol. The average Bonchev–Trinajstić information content (AvgIpc) is 2.67. The number of likely N-dealkylation sites (N-methyl/N-ethyl adjacent to an activating group) is 1. The molecule has 140 valence electrons. The fraction of sp³-hybridized carbons (Fsp3) is 0.350. The summed E-state index contributed by atoms with van der Waals surface area (Å²) in [5.41, 5.74) is 0.716. The number of phenolic OH excluding ortho intramolecular Hbond substituents is 1. The number of phenols is 1. The molecule has 2 aromatic rings. The molecular formula is C20H27N3O3. The molecule has 0 heterocycles. The van der Waals surface area contributed by atoms with Gasteiger partial charge in [0.05, 0.1) is 20.2 Å². The van der Waals surface area contributed by atoms with Crippen LogP contribution in [-0.2, 0) is 6.54 Å². The molecule has 0 unspecified atom stereocenters. The summed E-state index contributed by atoms with van der Waals surface area (Å²) in [5, 5.41) is 13.4. The third kappa shape index (κ3) is 5.58. The van der Waals surface area contributed by atoms with Crippen LogP contribution in [0.1, 0.15) is 12.5 Å². The zero-order valence-electron chi connectivity index (χ0n) is 15.6. The molecule has 0 saturated heterocycles. The lowest BCUT2D eigenvalue weighted by Gasteiger charge is -2.22. The first-order valence-electron chi connectivity index (χ1n) is 8.67. The summed E-state index contributed by atoms with van der Waals surface area (Å²) in [6, 6.07) is 15.1. The normalized spacial score (nSPS) is 11.1. The monoisotopic (exact) mass is 357 g/mol. The first-order valence-corrected chi connectivity index (χ1v) is 8.67. The number of ether oxygens (including phenoxy) is 2. The minimum absolute atomic E-state index is 0.129. The van der Waals surface area contributed by atoms with E-state index in [1.165, 1.54) is 7.11 Å². The molecule has 6 nitrogen and oxygen atoms in total. The molecule has 2 aromatic carbocycles. The van der Waals surface area contributed by atoms with E-state index in [1.54, 1.807) is 6.07 Å². The fourth-order valence-electron chi connectivity index (χ4n) is 2.41. The lowest BCUT2D eigenvalue weighted by atomic mass is 10.2. The van der Waals surface area contributed by atoms with E-state index in [-0.39, 0.29) is 5.75 Å². The number of rotatable bonds is 8. The van der Waals surface area contributed by atoms with Gasteiger partial charge in [-0.1, -0.05) is 30.3 Å². The Kier molecular flexibility index (Phi) is 7.61. The average molecular weight is 357 g/mol. The van der Waals surface area contributed by atoms with Gasteiger partial charge >= 0.3 is 0 Å². The van der Waals surface area contributed by atoms with E-state index in [0.29, 0.717) is 31.0 Å². The van der Waals surface area contributed by atoms with Gasteiger partial charge in [0.15, 0.2) is 17.5 Å². The molecule has 2 N–H and O–H groups in total. The Morgan fingerprint density at radius 3 is 2.62 bits per heavy atom. The first-order chi connectivity index (χ1) is 12.7. The van der Waals surface area contributed by atoms with E-state index in [0.717, 1.165) is 18.3 Å². The lowest BCUT2D eigenvalue weighted by Crippen LogP contribution is -2.40. The second kappa shape index (κ2) is 10.2. The van der Waals surface area contributed by atoms with E-state index in [9.17, 15) is 5.11 Å². The number of hydrogen-bond donors (Lipinski definition) is 2. The van der Waals surface area contributed by atoms with E-state index >= 15 is 0 Å². The van der Waals surface area contributed by atoms with Crippen molar-refractivity contribution >= 4 is 5.96 Å². The molecule has 0 fully saturated rings. The number of nitrogens with zero attached hydrogens (tertiary/aromatic N) is 2. The number of aliphatic imine (C=N–C) groups is 1. The highest BCUT2D eigenvalue weighted by Crippen LogP contribution is 2.29. The topological polar surface area (TPSA) is 66.3 Å². The lowest BCUT2D eigenvalue weighted by molar-refractivity contribution is 0.281. The largest absolute Gasteiger partial charge is 0.504 e. The van der Waals surface area contributed by atoms with Crippen LogP contribution in [0, 0.1) is 0 Å². The maximum atomic E-state index is 10.2. The van der Waals surface area contributed by atoms with Gasteiger partial charge in [0.2, 0.25) is 0 Å². The SMILES string of the molecule is CCNC(=NCc1cccc(OC)c1O)N(C)CCOc1ccccc1. The van der Waals surface area contributed by atoms with E-state index in [1.807, 2.05) is 61.3 Å². The third-order valence-corrected chi connectivity index (χ3v) is 3.84. The van der Waals surface area contributed by atoms with Gasteiger partial charge in [-0.25, -0.2) is 4.99 Å². The molecule has 0 radical (unpaired) electrons. The number of guanidine groups is 1. The van der Waals surface area contributed by atoms with Crippen LogP contribution in [0.2, 0.25) is 0 Å². The summed E-state index contributed by atoms with van der Waals surface area (Å²) < 4.78 is 10.9. The van der Waals surface area contributed by atoms with Crippen LogP contribution in [0.5, 0.6) is 17.2 Å². The van der Waals surface area contributed by atoms with Gasteiger partial charge in [-0.05, 0) is 25.1 Å². The molecule has 6 heteroatoms. The number of aromatic hydroxyl groups is 1. The number of para-hydroxylation sites is 2. The molecule has 0 spiro atoms. The van der Waals surface area contributed by atoms with E-state index < -0.39 is 0 Å². The van der Waals surface area contributed by atoms with Crippen LogP contribution >= 0.6 is 0 Å². The summed E-state index contributed by atoms with van der Waals surface area (Å²) in [7, 11) is 3.49. The second-order valence-electron chi connectivity index (χ2n) is 5.72. The Morgan fingerprint density at radius 1 is 1.15 bits per heavy atom. The summed E-state index contributed by atoms with van der Waals surface area (Å²) in [4.78, 5) is 6.61. The van der Waals surface area contributed by atoms with Crippen LogP contribution in [0.4, 0.5) is 0 Å². The first kappa shape index (κ1) is 19.4. The highest BCUT2D eigenvalue weighted by molar-refractivity contribution is 5.79. The summed E-state index contributed by atoms with van der Waals surface area (Å²) in [6.45, 7) is 4.37. The number of hydrogen-bond acceptors (Lipinski definition) is 4. The van der Waals surface area contributed by atoms with Gasteiger partial charge in [-0.3, -0.25) is 0 Å². The molecule has 0 bridgehead atoms. The van der Waals surface area contributed by atoms with Gasteiger partial charge < -0.3 is 24.8 Å². The second-order valence-corrected chi connectivity index (χ2v) is 5.72. The standard InChI is InChI=1S/C20H27N3O3/c1-4-21-20(22-15-16-9-8-12-18(25-3)19(16)24)23(2)13-14-26-17-10-6-5-7-11-17/h5-12,24H,4,13-15H2,1-3H3,(H,21,22). The van der Waals surface area contributed by atoms with Crippen molar-refractivity contribution in [2.45, 2.75) is 13.5 Å². The molecule has 0 aliphatic carbocycles. The molecule has 26 heavy (non-hydrogen) atoms. The number of benzene rings is 2. The highest BCUT2D eigenvalue weighted by atomic mass is 16.5. The fourth-order valence-corrected chi connectivity index (χ4v) is 2.41. The molecule has 0 aromatic heterocycles. The smallest absolute Gasteiger partial charge is 0.194 e. The van der Waals surface area contributed by atoms with Crippen molar-refractivity contribution in [2.24, 2.45) is 4.99 Å². The van der Waals surface area contributed by atoms with Crippen LogP contribution in [0.15, 0.2) is 53.5 Å². The van der Waals surface area contributed by atoms with Crippen LogP contribution in [0.3, 0.4) is 0 Å². The Bertz CT molecular complexity index is 705. The maximum absolute atomic E-state index is 10.2. The van der Waals surface area contributed by atoms with Crippen molar-refractivity contribution in [3.63, 3.8) is 0 Å². The van der Waals surface area contributed by atoms with Gasteiger partial charge in [0.25, 0.3) is 0 Å². The minimum Gasteiger partial charge on any atom is -0.504 e. The predicted molar refractivity (Wildman–Crippen MR) is 104 cm³/mol. The van der Waals surface area contributed by atoms with Crippen molar-refractivity contribution in [1.82, 2.24) is 10.2 Å². The molecule has 0 aliphatic rings. The third-order valence-electron chi connectivity index (χ3n) is 3.84. The Morgan fingerprint density at radius 2 is 1.92 bits per heavy atom. The number of nitrogens with one attached hydrogen (secondary N) is 1. The molecule has 0 saturated carbocycles. The van der Waals surface area contributed by atoms with Gasteiger partial charge in [0, 0.05) is 19.2 Å². The molecule has 0 atom stereocenters. The predicted octanol–water partition coefficient (Wildman–Crippen LogP) is 2.88. The van der Waals surface area contributed by atoms with Crippen LogP contribution in [0.25, 0.3) is 0 Å². The number of methoxy groups -OCH3 is 1. The summed E-state index contributed by atoms with van der Waals surface area (Å²) >= 11 is 0. The van der Waals surface area contributed by atoms with Crippen molar-refractivity contribution in [3.05, 3.63) is 54.1 Å². The van der Waals surface area contributed by atoms with E-state index in [2.05, 4.69) is 10.3 Å². The van der Waals surface area contributed by atoms with Gasteiger partial charge in [-0.15, -0.1) is 0 Å². The van der Waals surface area contributed by atoms with Gasteiger partial charge in [-0.2, -0.15) is 0 Å². The van der Waals surface area contributed by atoms with Crippen molar-refractivity contribution in [2.75, 3.05) is 33.9 Å². The zero-order chi connectivity index (χ0) is 18.8. The molecule has 0 amide bonds. The van der Waals surface area contributed by atoms with Crippen molar-refractivity contribution < 1.29 is 14.6 Å².